The van der Waals surface area contributed by atoms with E-state index in [1.807, 2.05) is 12.1 Å². The summed E-state index contributed by atoms with van der Waals surface area (Å²) in [6.45, 7) is 2.79. The van der Waals surface area contributed by atoms with Gasteiger partial charge in [0, 0.05) is 12.8 Å². The van der Waals surface area contributed by atoms with E-state index >= 15 is 0 Å². The summed E-state index contributed by atoms with van der Waals surface area (Å²) in [4.78, 5) is 24.5. The number of thiophene rings is 1. The van der Waals surface area contributed by atoms with Crippen LogP contribution in [-0.2, 0) is 14.3 Å². The Kier molecular flexibility index (Phi) is 5.24. The molecule has 1 fully saturated rings. The first-order valence-electron chi connectivity index (χ1n) is 6.52. The van der Waals surface area contributed by atoms with Crippen molar-refractivity contribution in [2.75, 3.05) is 13.2 Å². The molecule has 1 aromatic heterocycles. The van der Waals surface area contributed by atoms with Crippen LogP contribution in [0.3, 0.4) is 0 Å². The molecule has 0 atom stereocenters. The smallest absolute Gasteiger partial charge is 0.193 e. The van der Waals surface area contributed by atoms with Crippen molar-refractivity contribution in [3.8, 4) is 0 Å². The van der Waals surface area contributed by atoms with E-state index in [0.29, 0.717) is 26.1 Å². The Balaban J connectivity index is 1.80. The van der Waals surface area contributed by atoms with E-state index in [1.54, 1.807) is 6.92 Å². The van der Waals surface area contributed by atoms with E-state index < -0.39 is 0 Å². The van der Waals surface area contributed by atoms with Gasteiger partial charge in [0.1, 0.15) is 5.78 Å². The predicted octanol–water partition coefficient (Wildman–Crippen LogP) is 3.13. The van der Waals surface area contributed by atoms with Gasteiger partial charge in [-0.15, -0.1) is 11.3 Å². The highest BCUT2D eigenvalue weighted by atomic mass is 32.1. The summed E-state index contributed by atoms with van der Waals surface area (Å²) in [5.41, 5.74) is 0. The second-order valence-electron chi connectivity index (χ2n) is 4.61. The molecule has 0 N–H and O–H groups in total. The maximum absolute atomic E-state index is 12.0. The van der Waals surface area contributed by atoms with Gasteiger partial charge in [0.2, 0.25) is 0 Å². The highest BCUT2D eigenvalue weighted by Crippen LogP contribution is 2.30. The number of ether oxygens (including phenoxy) is 2. The molecule has 1 aromatic rings. The van der Waals surface area contributed by atoms with E-state index in [-0.39, 0.29) is 17.9 Å². The predicted molar refractivity (Wildman–Crippen MR) is 72.4 cm³/mol. The van der Waals surface area contributed by atoms with Gasteiger partial charge in [-0.2, -0.15) is 0 Å². The van der Waals surface area contributed by atoms with Crippen molar-refractivity contribution in [2.24, 2.45) is 0 Å². The third-order valence-electron chi connectivity index (χ3n) is 2.94. The lowest BCUT2D eigenvalue weighted by Gasteiger charge is -2.04. The minimum atomic E-state index is -0.302. The quantitative estimate of drug-likeness (QED) is 0.569. The fraction of sp³-hybridized carbons (Fsp3) is 0.571. The monoisotopic (exact) mass is 282 g/mol. The Bertz CT molecular complexity index is 446. The number of carbonyl (C=O) groups is 2. The third-order valence-corrected chi connectivity index (χ3v) is 4.09. The molecule has 0 radical (unpaired) electrons. The first-order valence-corrected chi connectivity index (χ1v) is 7.34. The Labute approximate surface area is 116 Å². The van der Waals surface area contributed by atoms with E-state index in [9.17, 15) is 9.59 Å². The molecule has 0 unspecified atom stereocenters. The fourth-order valence-electron chi connectivity index (χ4n) is 1.93. The summed E-state index contributed by atoms with van der Waals surface area (Å²) >= 11 is 1.44. The minimum Gasteiger partial charge on any atom is -0.345 e. The number of unbranched alkanes of at least 4 members (excludes halogenated alkanes) is 1. The normalized spacial score (nSPS) is 15.8. The Hall–Kier alpha value is -1.04. The number of hydrogen-bond acceptors (Lipinski definition) is 5. The lowest BCUT2D eigenvalue weighted by Crippen LogP contribution is -1.97. The lowest BCUT2D eigenvalue weighted by molar-refractivity contribution is -0.117. The molecule has 0 saturated carbocycles. The Morgan fingerprint density at radius 1 is 1.21 bits per heavy atom. The largest absolute Gasteiger partial charge is 0.345 e. The van der Waals surface area contributed by atoms with Crippen LogP contribution >= 0.6 is 11.3 Å². The van der Waals surface area contributed by atoms with Gasteiger partial charge in [-0.1, -0.05) is 0 Å². The van der Waals surface area contributed by atoms with Crippen LogP contribution in [0.5, 0.6) is 0 Å². The van der Waals surface area contributed by atoms with Gasteiger partial charge in [-0.3, -0.25) is 4.79 Å². The molecular formula is C14H18O4S. The molecule has 104 valence electrons. The molecule has 0 aromatic carbocycles. The van der Waals surface area contributed by atoms with Gasteiger partial charge in [-0.25, -0.2) is 0 Å². The summed E-state index contributed by atoms with van der Waals surface area (Å²) in [5, 5.41) is 0. The van der Waals surface area contributed by atoms with Crippen LogP contribution in [0.4, 0.5) is 0 Å². The molecule has 0 aliphatic carbocycles. The molecule has 4 nitrogen and oxygen atoms in total. The average molecular weight is 282 g/mol. The van der Waals surface area contributed by atoms with Crippen molar-refractivity contribution in [1.82, 2.24) is 0 Å². The van der Waals surface area contributed by atoms with Crippen LogP contribution in [0.25, 0.3) is 0 Å². The van der Waals surface area contributed by atoms with Gasteiger partial charge in [0.05, 0.1) is 23.0 Å². The van der Waals surface area contributed by atoms with Gasteiger partial charge in [0.25, 0.3) is 0 Å². The second-order valence-corrected chi connectivity index (χ2v) is 5.72. The first-order chi connectivity index (χ1) is 9.16. The number of carbonyl (C=O) groups excluding carboxylic acids is 2. The molecule has 1 aliphatic rings. The number of hydrogen-bond donors (Lipinski definition) is 0. The van der Waals surface area contributed by atoms with Crippen molar-refractivity contribution in [1.29, 1.82) is 0 Å². The van der Waals surface area contributed by atoms with Gasteiger partial charge in [-0.05, 0) is 31.9 Å². The SMILES string of the molecule is CC(=O)CCCCC(=O)c1ccc(C2OCCO2)s1. The van der Waals surface area contributed by atoms with Gasteiger partial charge in [0.15, 0.2) is 12.1 Å². The highest BCUT2D eigenvalue weighted by molar-refractivity contribution is 7.14. The lowest BCUT2D eigenvalue weighted by atomic mass is 10.1. The maximum atomic E-state index is 12.0. The van der Waals surface area contributed by atoms with Crippen molar-refractivity contribution >= 4 is 22.9 Å². The average Bonchev–Trinajstić information content (AvgIpc) is 3.03. The summed E-state index contributed by atoms with van der Waals surface area (Å²) < 4.78 is 10.8. The molecule has 19 heavy (non-hydrogen) atoms. The van der Waals surface area contributed by atoms with Gasteiger partial charge >= 0.3 is 0 Å². The molecule has 0 bridgehead atoms. The van der Waals surface area contributed by atoms with Crippen LogP contribution in [0, 0.1) is 0 Å². The standard InChI is InChI=1S/C14H18O4S/c1-10(15)4-2-3-5-11(16)12-6-7-13(19-12)14-17-8-9-18-14/h6-7,14H,2-5,8-9H2,1H3. The number of Topliss-reactive ketones (excluding diaryl/α,β-unsaturated/α-hetero) is 2. The van der Waals surface area contributed by atoms with Crippen molar-refractivity contribution in [3.63, 3.8) is 0 Å². The number of rotatable bonds is 7. The molecule has 0 amide bonds. The van der Waals surface area contributed by atoms with Crippen LogP contribution in [0.2, 0.25) is 0 Å². The molecule has 2 heterocycles. The summed E-state index contributed by atoms with van der Waals surface area (Å²) in [6, 6.07) is 3.72. The molecule has 2 rings (SSSR count). The van der Waals surface area contributed by atoms with E-state index in [1.165, 1.54) is 11.3 Å². The van der Waals surface area contributed by atoms with Crippen molar-refractivity contribution in [3.05, 3.63) is 21.9 Å². The van der Waals surface area contributed by atoms with Gasteiger partial charge < -0.3 is 14.3 Å². The third kappa shape index (κ3) is 4.23. The molecule has 5 heteroatoms. The second kappa shape index (κ2) is 6.93. The fourth-order valence-corrected chi connectivity index (χ4v) is 2.91. The van der Waals surface area contributed by atoms with Crippen LogP contribution in [0.1, 0.15) is 53.4 Å². The zero-order valence-corrected chi connectivity index (χ0v) is 11.8. The summed E-state index contributed by atoms with van der Waals surface area (Å²) in [6.07, 6.45) is 2.31. The number of ketones is 2. The van der Waals surface area contributed by atoms with Crippen LogP contribution in [0.15, 0.2) is 12.1 Å². The molecule has 1 saturated heterocycles. The summed E-state index contributed by atoms with van der Waals surface area (Å²) in [5.74, 6) is 0.319. The maximum Gasteiger partial charge on any atom is 0.193 e. The van der Waals surface area contributed by atoms with E-state index in [0.717, 1.165) is 22.6 Å². The van der Waals surface area contributed by atoms with E-state index in [2.05, 4.69) is 0 Å². The van der Waals surface area contributed by atoms with Crippen LogP contribution < -0.4 is 0 Å². The zero-order chi connectivity index (χ0) is 13.7. The van der Waals surface area contributed by atoms with Crippen molar-refractivity contribution < 1.29 is 19.1 Å². The minimum absolute atomic E-state index is 0.137. The topological polar surface area (TPSA) is 52.6 Å². The molecule has 1 aliphatic heterocycles. The Morgan fingerprint density at radius 2 is 1.89 bits per heavy atom. The van der Waals surface area contributed by atoms with Crippen LogP contribution in [-0.4, -0.2) is 24.8 Å². The Morgan fingerprint density at radius 3 is 2.58 bits per heavy atom. The molecule has 0 spiro atoms. The van der Waals surface area contributed by atoms with Crippen molar-refractivity contribution in [2.45, 2.75) is 38.9 Å². The zero-order valence-electron chi connectivity index (χ0n) is 11.0. The first kappa shape index (κ1) is 14.4. The molecular weight excluding hydrogens is 264 g/mol. The highest BCUT2D eigenvalue weighted by Gasteiger charge is 2.21. The summed E-state index contributed by atoms with van der Waals surface area (Å²) in [7, 11) is 0. The van der Waals surface area contributed by atoms with E-state index in [4.69, 9.17) is 9.47 Å².